The fourth-order valence-electron chi connectivity index (χ4n) is 2.08. The number of carbonyl (C=O) groups is 1. The number of nitrogens with zero attached hydrogens (tertiary/aromatic N) is 2. The van der Waals surface area contributed by atoms with Gasteiger partial charge in [-0.25, -0.2) is 9.37 Å². The lowest BCUT2D eigenvalue weighted by Gasteiger charge is -2.05. The van der Waals surface area contributed by atoms with E-state index in [9.17, 15) is 19.3 Å². The first kappa shape index (κ1) is 17.3. The van der Waals surface area contributed by atoms with Crippen molar-refractivity contribution in [2.24, 2.45) is 0 Å². The summed E-state index contributed by atoms with van der Waals surface area (Å²) in [6.45, 7) is 0.123. The Bertz CT molecular complexity index is 945. The van der Waals surface area contributed by atoms with Crippen LogP contribution in [0.25, 0.3) is 10.2 Å². The maximum Gasteiger partial charge on any atom is 0.270 e. The first-order valence-corrected chi connectivity index (χ1v) is 9.01. The molecule has 1 heterocycles. The SMILES string of the molecule is O=C(CSc1nc2ccc([N+](=O)[O-])cc2s1)NCc1ccccc1F. The van der Waals surface area contributed by atoms with Crippen LogP contribution in [0.2, 0.25) is 0 Å². The molecule has 0 aliphatic carbocycles. The fourth-order valence-corrected chi connectivity index (χ4v) is 4.01. The lowest BCUT2D eigenvalue weighted by Crippen LogP contribution is -2.24. The number of thiazole rings is 1. The zero-order valence-corrected chi connectivity index (χ0v) is 14.4. The van der Waals surface area contributed by atoms with Gasteiger partial charge in [-0.1, -0.05) is 30.0 Å². The molecule has 2 aromatic carbocycles. The number of nitro groups is 1. The molecular formula is C16H12FN3O3S2. The average Bonchev–Trinajstić information content (AvgIpc) is 3.01. The molecule has 9 heteroatoms. The van der Waals surface area contributed by atoms with Crippen molar-refractivity contribution in [2.45, 2.75) is 10.9 Å². The summed E-state index contributed by atoms with van der Waals surface area (Å²) >= 11 is 2.53. The van der Waals surface area contributed by atoms with E-state index in [2.05, 4.69) is 10.3 Å². The molecule has 0 aliphatic heterocycles. The van der Waals surface area contributed by atoms with Gasteiger partial charge in [-0.15, -0.1) is 11.3 Å². The minimum atomic E-state index is -0.456. The summed E-state index contributed by atoms with van der Waals surface area (Å²) in [4.78, 5) is 26.6. The highest BCUT2D eigenvalue weighted by molar-refractivity contribution is 8.01. The van der Waals surface area contributed by atoms with Crippen LogP contribution in [-0.4, -0.2) is 21.6 Å². The highest BCUT2D eigenvalue weighted by Crippen LogP contribution is 2.31. The van der Waals surface area contributed by atoms with Gasteiger partial charge in [0.1, 0.15) is 5.82 Å². The van der Waals surface area contributed by atoms with Crippen LogP contribution in [0.5, 0.6) is 0 Å². The summed E-state index contributed by atoms with van der Waals surface area (Å²) in [5.41, 5.74) is 1.09. The zero-order valence-electron chi connectivity index (χ0n) is 12.8. The second kappa shape index (κ2) is 7.58. The molecule has 1 N–H and O–H groups in total. The van der Waals surface area contributed by atoms with Crippen LogP contribution < -0.4 is 5.32 Å². The van der Waals surface area contributed by atoms with Gasteiger partial charge < -0.3 is 5.32 Å². The van der Waals surface area contributed by atoms with Crippen LogP contribution >= 0.6 is 23.1 Å². The number of rotatable bonds is 6. The normalized spacial score (nSPS) is 10.8. The summed E-state index contributed by atoms with van der Waals surface area (Å²) in [5, 5.41) is 13.4. The highest BCUT2D eigenvalue weighted by atomic mass is 32.2. The largest absolute Gasteiger partial charge is 0.351 e. The van der Waals surface area contributed by atoms with Crippen molar-refractivity contribution in [3.8, 4) is 0 Å². The maximum atomic E-state index is 13.5. The van der Waals surface area contributed by atoms with Gasteiger partial charge in [0.25, 0.3) is 5.69 Å². The first-order chi connectivity index (χ1) is 12.0. The Kier molecular flexibility index (Phi) is 5.25. The minimum Gasteiger partial charge on any atom is -0.351 e. The zero-order chi connectivity index (χ0) is 17.8. The van der Waals surface area contributed by atoms with Crippen molar-refractivity contribution in [1.29, 1.82) is 0 Å². The van der Waals surface area contributed by atoms with E-state index >= 15 is 0 Å². The number of halogens is 1. The molecule has 0 fully saturated rings. The molecule has 0 radical (unpaired) electrons. The van der Waals surface area contributed by atoms with Gasteiger partial charge in [0.05, 0.1) is 20.9 Å². The summed E-state index contributed by atoms with van der Waals surface area (Å²) in [6.07, 6.45) is 0. The molecule has 25 heavy (non-hydrogen) atoms. The third-order valence-corrected chi connectivity index (χ3v) is 5.48. The van der Waals surface area contributed by atoms with Crippen molar-refractivity contribution in [1.82, 2.24) is 10.3 Å². The Hall–Kier alpha value is -2.52. The lowest BCUT2D eigenvalue weighted by atomic mass is 10.2. The Morgan fingerprint density at radius 3 is 2.88 bits per heavy atom. The molecule has 1 aromatic heterocycles. The number of thioether (sulfide) groups is 1. The van der Waals surface area contributed by atoms with Gasteiger partial charge in [-0.05, 0) is 12.1 Å². The molecule has 1 amide bonds. The average molecular weight is 377 g/mol. The fraction of sp³-hybridized carbons (Fsp3) is 0.125. The predicted molar refractivity (Wildman–Crippen MR) is 95.2 cm³/mol. The molecular weight excluding hydrogens is 365 g/mol. The van der Waals surface area contributed by atoms with E-state index in [1.54, 1.807) is 24.3 Å². The van der Waals surface area contributed by atoms with Gasteiger partial charge in [0.15, 0.2) is 4.34 Å². The van der Waals surface area contributed by atoms with Crippen LogP contribution in [0.15, 0.2) is 46.8 Å². The Balaban J connectivity index is 1.57. The Morgan fingerprint density at radius 1 is 1.32 bits per heavy atom. The summed E-state index contributed by atoms with van der Waals surface area (Å²) in [5.74, 6) is -0.460. The molecule has 6 nitrogen and oxygen atoms in total. The van der Waals surface area contributed by atoms with Gasteiger partial charge >= 0.3 is 0 Å². The molecule has 0 aliphatic rings. The number of benzene rings is 2. The molecule has 0 saturated carbocycles. The molecule has 0 spiro atoms. The van der Waals surface area contributed by atoms with Crippen molar-refractivity contribution >= 4 is 44.9 Å². The second-order valence-electron chi connectivity index (χ2n) is 5.05. The number of hydrogen-bond donors (Lipinski definition) is 1. The van der Waals surface area contributed by atoms with Crippen molar-refractivity contribution < 1.29 is 14.1 Å². The maximum absolute atomic E-state index is 13.5. The molecule has 0 atom stereocenters. The number of nitrogens with one attached hydrogen (secondary N) is 1. The quantitative estimate of drug-likeness (QED) is 0.402. The van der Waals surface area contributed by atoms with Gasteiger partial charge in [0, 0.05) is 24.2 Å². The van der Waals surface area contributed by atoms with Crippen LogP contribution in [0.3, 0.4) is 0 Å². The van der Waals surface area contributed by atoms with Crippen molar-refractivity contribution in [2.75, 3.05) is 5.75 Å². The molecule has 0 unspecified atom stereocenters. The van der Waals surface area contributed by atoms with E-state index in [-0.39, 0.29) is 29.7 Å². The van der Waals surface area contributed by atoms with E-state index in [0.29, 0.717) is 20.1 Å². The van der Waals surface area contributed by atoms with Gasteiger partial charge in [-0.2, -0.15) is 0 Å². The standard InChI is InChI=1S/C16H12FN3O3S2/c17-12-4-2-1-3-10(12)8-18-15(21)9-24-16-19-13-6-5-11(20(22)23)7-14(13)25-16/h1-7H,8-9H2,(H,18,21). The molecule has 3 aromatic rings. The summed E-state index contributed by atoms with van der Waals surface area (Å²) < 4.78 is 14.8. The topological polar surface area (TPSA) is 85.1 Å². The second-order valence-corrected chi connectivity index (χ2v) is 7.30. The van der Waals surface area contributed by atoms with Crippen LogP contribution in [-0.2, 0) is 11.3 Å². The predicted octanol–water partition coefficient (Wildman–Crippen LogP) is 3.75. The summed E-state index contributed by atoms with van der Waals surface area (Å²) in [6, 6.07) is 10.7. The van der Waals surface area contributed by atoms with E-state index in [0.717, 1.165) is 0 Å². The van der Waals surface area contributed by atoms with Gasteiger partial charge in [-0.3, -0.25) is 14.9 Å². The number of nitro benzene ring substituents is 1. The Morgan fingerprint density at radius 2 is 2.12 bits per heavy atom. The number of fused-ring (bicyclic) bond motifs is 1. The highest BCUT2D eigenvalue weighted by Gasteiger charge is 2.12. The number of carbonyl (C=O) groups excluding carboxylic acids is 1. The van der Waals surface area contributed by atoms with Crippen LogP contribution in [0, 0.1) is 15.9 Å². The minimum absolute atomic E-state index is 0.00957. The van der Waals surface area contributed by atoms with Crippen LogP contribution in [0.1, 0.15) is 5.56 Å². The molecule has 3 rings (SSSR count). The molecule has 128 valence electrons. The van der Waals surface area contributed by atoms with Gasteiger partial charge in [0.2, 0.25) is 5.91 Å². The van der Waals surface area contributed by atoms with E-state index in [1.807, 2.05) is 0 Å². The third kappa shape index (κ3) is 4.31. The smallest absolute Gasteiger partial charge is 0.270 e. The number of hydrogen-bond acceptors (Lipinski definition) is 6. The third-order valence-electron chi connectivity index (χ3n) is 3.32. The first-order valence-electron chi connectivity index (χ1n) is 7.21. The Labute approximate surface area is 150 Å². The summed E-state index contributed by atoms with van der Waals surface area (Å²) in [7, 11) is 0. The lowest BCUT2D eigenvalue weighted by molar-refractivity contribution is -0.384. The van der Waals surface area contributed by atoms with Crippen LogP contribution in [0.4, 0.5) is 10.1 Å². The monoisotopic (exact) mass is 377 g/mol. The number of amides is 1. The van der Waals surface area contributed by atoms with E-state index in [1.165, 1.54) is 41.3 Å². The van der Waals surface area contributed by atoms with E-state index in [4.69, 9.17) is 0 Å². The number of aromatic nitrogens is 1. The molecule has 0 saturated heterocycles. The van der Waals surface area contributed by atoms with E-state index < -0.39 is 4.92 Å². The van der Waals surface area contributed by atoms with Crippen molar-refractivity contribution in [3.63, 3.8) is 0 Å². The van der Waals surface area contributed by atoms with Crippen molar-refractivity contribution in [3.05, 3.63) is 64.0 Å². The molecule has 0 bridgehead atoms. The number of non-ortho nitro benzene ring substituents is 1.